The Kier molecular flexibility index (Phi) is 6.70. The van der Waals surface area contributed by atoms with Crippen LogP contribution in [0.4, 0.5) is 9.18 Å². The fraction of sp³-hybridized carbons (Fsp3) is 0.571. The molecular weight excluding hydrogens is 376 g/mol. The smallest absolute Gasteiger partial charge is 0.492 e. The molecule has 1 aliphatic heterocycles. The monoisotopic (exact) mass is 407 g/mol. The van der Waals surface area contributed by atoms with Gasteiger partial charge in [0.15, 0.2) is 0 Å². The van der Waals surface area contributed by atoms with Crippen molar-refractivity contribution in [3.63, 3.8) is 0 Å². The van der Waals surface area contributed by atoms with Crippen molar-refractivity contribution in [2.24, 2.45) is 0 Å². The Morgan fingerprint density at radius 1 is 1.21 bits per heavy atom. The average Bonchev–Trinajstić information content (AvgIpc) is 2.78. The van der Waals surface area contributed by atoms with Gasteiger partial charge in [0.2, 0.25) is 0 Å². The zero-order valence-corrected chi connectivity index (χ0v) is 18.5. The molecule has 0 bridgehead atoms. The first-order valence-corrected chi connectivity index (χ1v) is 9.61. The SMILES string of the molecule is COc1cccc(F)c1C=C(CNC(=O)OC(C)(C)C)B1OC(C)(C)C(C)(C)O1. The highest BCUT2D eigenvalue weighted by molar-refractivity contribution is 6.56. The second-order valence-corrected chi connectivity index (χ2v) is 9.02. The van der Waals surface area contributed by atoms with E-state index in [1.807, 2.05) is 27.7 Å². The molecule has 1 fully saturated rings. The summed E-state index contributed by atoms with van der Waals surface area (Å²) >= 11 is 0. The number of carbonyl (C=O) groups is 1. The molecule has 0 atom stereocenters. The number of halogens is 1. The molecule has 160 valence electrons. The average molecular weight is 407 g/mol. The third-order valence-corrected chi connectivity index (χ3v) is 4.95. The third kappa shape index (κ3) is 5.73. The summed E-state index contributed by atoms with van der Waals surface area (Å²) in [4.78, 5) is 12.1. The lowest BCUT2D eigenvalue weighted by Crippen LogP contribution is -2.41. The summed E-state index contributed by atoms with van der Waals surface area (Å²) in [7, 11) is 0.707. The van der Waals surface area contributed by atoms with Crippen LogP contribution in [0.5, 0.6) is 5.75 Å². The summed E-state index contributed by atoms with van der Waals surface area (Å²) in [6, 6.07) is 4.58. The van der Waals surface area contributed by atoms with Crippen molar-refractivity contribution < 1.29 is 28.0 Å². The van der Waals surface area contributed by atoms with Gasteiger partial charge in [0.25, 0.3) is 0 Å². The molecule has 29 heavy (non-hydrogen) atoms. The molecule has 1 heterocycles. The van der Waals surface area contributed by atoms with Crippen LogP contribution in [-0.4, -0.2) is 43.7 Å². The fourth-order valence-electron chi connectivity index (χ4n) is 2.71. The Hall–Kier alpha value is -2.06. The highest BCUT2D eigenvalue weighted by Gasteiger charge is 2.52. The zero-order chi connectivity index (χ0) is 22.0. The summed E-state index contributed by atoms with van der Waals surface area (Å²) in [5, 5.41) is 2.70. The molecule has 1 saturated heterocycles. The van der Waals surface area contributed by atoms with Crippen LogP contribution in [0, 0.1) is 5.82 Å². The molecule has 2 rings (SSSR count). The normalized spacial score (nSPS) is 18.5. The highest BCUT2D eigenvalue weighted by atomic mass is 19.1. The van der Waals surface area contributed by atoms with Crippen LogP contribution in [-0.2, 0) is 14.0 Å². The second kappa shape index (κ2) is 8.36. The maximum atomic E-state index is 14.5. The molecule has 1 N–H and O–H groups in total. The van der Waals surface area contributed by atoms with Crippen molar-refractivity contribution in [2.45, 2.75) is 65.3 Å². The highest BCUT2D eigenvalue weighted by Crippen LogP contribution is 2.39. The maximum Gasteiger partial charge on any atom is 0.492 e. The van der Waals surface area contributed by atoms with Crippen LogP contribution in [0.3, 0.4) is 0 Å². The van der Waals surface area contributed by atoms with Crippen molar-refractivity contribution in [1.82, 2.24) is 5.32 Å². The number of rotatable bonds is 5. The molecule has 0 aromatic heterocycles. The quantitative estimate of drug-likeness (QED) is 0.735. The maximum absolute atomic E-state index is 14.5. The molecule has 1 aliphatic rings. The summed E-state index contributed by atoms with van der Waals surface area (Å²) in [5.74, 6) is -0.0769. The summed E-state index contributed by atoms with van der Waals surface area (Å²) in [5.41, 5.74) is -1.000. The molecule has 6 nitrogen and oxygen atoms in total. The fourth-order valence-corrected chi connectivity index (χ4v) is 2.71. The molecule has 8 heteroatoms. The van der Waals surface area contributed by atoms with Gasteiger partial charge < -0.3 is 24.1 Å². The van der Waals surface area contributed by atoms with Crippen LogP contribution >= 0.6 is 0 Å². The van der Waals surface area contributed by atoms with E-state index in [0.717, 1.165) is 0 Å². The summed E-state index contributed by atoms with van der Waals surface area (Å²) in [6.07, 6.45) is 1.01. The number of benzene rings is 1. The molecule has 1 aromatic rings. The van der Waals surface area contributed by atoms with Crippen LogP contribution in [0.25, 0.3) is 6.08 Å². The number of carbonyl (C=O) groups excluding carboxylic acids is 1. The molecule has 0 unspecified atom stereocenters. The van der Waals surface area contributed by atoms with Crippen molar-refractivity contribution in [2.75, 3.05) is 13.7 Å². The van der Waals surface area contributed by atoms with Crippen molar-refractivity contribution in [3.05, 3.63) is 35.1 Å². The minimum atomic E-state index is -0.765. The van der Waals surface area contributed by atoms with Crippen LogP contribution < -0.4 is 10.1 Å². The van der Waals surface area contributed by atoms with Gasteiger partial charge in [0, 0.05) is 6.54 Å². The minimum Gasteiger partial charge on any atom is -0.496 e. The predicted octanol–water partition coefficient (Wildman–Crippen LogP) is 4.37. The lowest BCUT2D eigenvalue weighted by atomic mass is 9.77. The Morgan fingerprint density at radius 3 is 2.31 bits per heavy atom. The first-order valence-electron chi connectivity index (χ1n) is 9.61. The molecule has 0 spiro atoms. The molecule has 0 radical (unpaired) electrons. The van der Waals surface area contributed by atoms with Crippen LogP contribution in [0.2, 0.25) is 0 Å². The lowest BCUT2D eigenvalue weighted by Gasteiger charge is -2.32. The predicted molar refractivity (Wildman–Crippen MR) is 111 cm³/mol. The van der Waals surface area contributed by atoms with Gasteiger partial charge in [-0.05, 0) is 66.1 Å². The number of hydrogen-bond donors (Lipinski definition) is 1. The van der Waals surface area contributed by atoms with Crippen molar-refractivity contribution >= 4 is 19.3 Å². The number of nitrogens with one attached hydrogen (secondary N) is 1. The molecule has 1 amide bonds. The molecular formula is C21H31BFNO5. The van der Waals surface area contributed by atoms with E-state index in [4.69, 9.17) is 18.8 Å². The van der Waals surface area contributed by atoms with E-state index in [-0.39, 0.29) is 12.1 Å². The van der Waals surface area contributed by atoms with E-state index in [9.17, 15) is 9.18 Å². The van der Waals surface area contributed by atoms with Crippen molar-refractivity contribution in [1.29, 1.82) is 0 Å². The van der Waals surface area contributed by atoms with E-state index >= 15 is 0 Å². The van der Waals surface area contributed by atoms with Crippen LogP contribution in [0.1, 0.15) is 54.0 Å². The largest absolute Gasteiger partial charge is 0.496 e. The zero-order valence-electron chi connectivity index (χ0n) is 18.5. The molecule has 0 aliphatic carbocycles. The number of amides is 1. The van der Waals surface area contributed by atoms with Gasteiger partial charge in [-0.1, -0.05) is 12.1 Å². The number of hydrogen-bond acceptors (Lipinski definition) is 5. The molecule has 1 aromatic carbocycles. The van der Waals surface area contributed by atoms with E-state index in [1.54, 1.807) is 39.0 Å². The van der Waals surface area contributed by atoms with E-state index < -0.39 is 35.8 Å². The Labute approximate surface area is 172 Å². The first-order chi connectivity index (χ1) is 13.3. The van der Waals surface area contributed by atoms with Gasteiger partial charge in [-0.25, -0.2) is 9.18 Å². The Balaban J connectivity index is 2.36. The van der Waals surface area contributed by atoms with Gasteiger partial charge in [0.05, 0.1) is 23.9 Å². The lowest BCUT2D eigenvalue weighted by molar-refractivity contribution is 0.00578. The van der Waals surface area contributed by atoms with Crippen LogP contribution in [0.15, 0.2) is 23.7 Å². The topological polar surface area (TPSA) is 66.0 Å². The van der Waals surface area contributed by atoms with Gasteiger partial charge in [-0.2, -0.15) is 0 Å². The number of methoxy groups -OCH3 is 1. The minimum absolute atomic E-state index is 0.0588. The van der Waals surface area contributed by atoms with Crippen molar-refractivity contribution in [3.8, 4) is 5.75 Å². The molecule has 0 saturated carbocycles. The van der Waals surface area contributed by atoms with Gasteiger partial charge >= 0.3 is 13.2 Å². The second-order valence-electron chi connectivity index (χ2n) is 9.02. The Bertz CT molecular complexity index is 770. The summed E-state index contributed by atoms with van der Waals surface area (Å²) in [6.45, 7) is 13.1. The number of alkyl carbamates (subject to hydrolysis) is 1. The Morgan fingerprint density at radius 2 is 1.79 bits per heavy atom. The van der Waals surface area contributed by atoms with Gasteiger partial charge in [0.1, 0.15) is 17.2 Å². The summed E-state index contributed by atoms with van der Waals surface area (Å²) < 4.78 is 37.3. The van der Waals surface area contributed by atoms with Gasteiger partial charge in [-0.3, -0.25) is 0 Å². The number of ether oxygens (including phenoxy) is 2. The first kappa shape index (κ1) is 23.2. The van der Waals surface area contributed by atoms with E-state index in [1.165, 1.54) is 13.2 Å². The van der Waals surface area contributed by atoms with E-state index in [0.29, 0.717) is 11.2 Å². The van der Waals surface area contributed by atoms with E-state index in [2.05, 4.69) is 5.32 Å². The third-order valence-electron chi connectivity index (χ3n) is 4.95. The van der Waals surface area contributed by atoms with Gasteiger partial charge in [-0.15, -0.1) is 0 Å². The standard InChI is InChI=1S/C21H31BFNO5/c1-19(2,3)27-18(25)24-13-14(22-28-20(4,5)21(6,7)29-22)12-15-16(23)10-9-11-17(15)26-8/h9-12H,13H2,1-8H3,(H,24,25).